The molecule has 2 heterocycles. The van der Waals surface area contributed by atoms with Crippen molar-refractivity contribution in [1.29, 1.82) is 0 Å². The number of aryl methyl sites for hydroxylation is 1. The number of hydrogen-bond donors (Lipinski definition) is 1. The van der Waals surface area contributed by atoms with Gasteiger partial charge in [0.05, 0.1) is 17.5 Å². The van der Waals surface area contributed by atoms with Gasteiger partial charge in [0, 0.05) is 33.8 Å². The lowest BCUT2D eigenvalue weighted by Crippen LogP contribution is -2.13. The summed E-state index contributed by atoms with van der Waals surface area (Å²) in [5.74, 6) is 0.232. The second kappa shape index (κ2) is 9.25. The molecular weight excluding hydrogens is 505 g/mol. The Morgan fingerprint density at radius 1 is 1.06 bits per heavy atom. The Kier molecular flexibility index (Phi) is 6.11. The molecule has 10 heteroatoms. The first kappa shape index (κ1) is 23.8. The maximum absolute atomic E-state index is 13.8. The van der Waals surface area contributed by atoms with Crippen LogP contribution in [0.5, 0.6) is 5.75 Å². The molecule has 0 bridgehead atoms. The maximum Gasteiger partial charge on any atom is 0.263 e. The van der Waals surface area contributed by atoms with Crippen molar-refractivity contribution in [1.82, 2.24) is 10.1 Å². The number of nitrogens with zero attached hydrogens (tertiary/aromatic N) is 2. The van der Waals surface area contributed by atoms with Crippen molar-refractivity contribution < 1.29 is 22.1 Å². The average Bonchev–Trinajstić information content (AvgIpc) is 3.36. The van der Waals surface area contributed by atoms with Crippen molar-refractivity contribution in [2.45, 2.75) is 11.8 Å². The van der Waals surface area contributed by atoms with E-state index >= 15 is 0 Å². The Hall–Kier alpha value is -3.95. The lowest BCUT2D eigenvalue weighted by Gasteiger charge is -2.17. The average molecular weight is 524 g/mol. The van der Waals surface area contributed by atoms with E-state index < -0.39 is 10.0 Å². The standard InChI is InChI=1S/C26H19ClFN3O4S/c1-15-14-29-23-11-18(36(32,33)31-25-8-9-35-30-25)6-7-19(23)26(15)21-12-22(27)20(13-24(21)34-2)16-4-3-5-17(28)10-16/h3-14H,1-2H3,(H,30,31). The van der Waals surface area contributed by atoms with Gasteiger partial charge in [0.1, 0.15) is 17.8 Å². The fourth-order valence-electron chi connectivity index (χ4n) is 4.05. The van der Waals surface area contributed by atoms with Crippen molar-refractivity contribution in [2.75, 3.05) is 11.8 Å². The molecule has 0 radical (unpaired) electrons. The minimum absolute atomic E-state index is 0.0201. The number of hydrogen-bond acceptors (Lipinski definition) is 6. The van der Waals surface area contributed by atoms with E-state index in [4.69, 9.17) is 16.3 Å². The predicted molar refractivity (Wildman–Crippen MR) is 136 cm³/mol. The SMILES string of the molecule is COc1cc(-c2cccc(F)c2)c(Cl)cc1-c1c(C)cnc2cc(S(=O)(=O)Nc3ccon3)ccc12. The van der Waals surface area contributed by atoms with Crippen molar-refractivity contribution >= 4 is 38.3 Å². The number of methoxy groups -OCH3 is 1. The van der Waals surface area contributed by atoms with Crippen LogP contribution >= 0.6 is 11.6 Å². The predicted octanol–water partition coefficient (Wildman–Crippen LogP) is 6.47. The van der Waals surface area contributed by atoms with E-state index in [1.807, 2.05) is 6.92 Å². The quantitative estimate of drug-likeness (QED) is 0.274. The lowest BCUT2D eigenvalue weighted by molar-refractivity contribution is 0.416. The zero-order chi connectivity index (χ0) is 25.4. The minimum atomic E-state index is -3.91. The van der Waals surface area contributed by atoms with E-state index in [1.54, 1.807) is 43.6 Å². The van der Waals surface area contributed by atoms with Gasteiger partial charge >= 0.3 is 0 Å². The van der Waals surface area contributed by atoms with E-state index in [0.717, 1.165) is 11.1 Å². The van der Waals surface area contributed by atoms with Gasteiger partial charge in [0.25, 0.3) is 10.0 Å². The fraction of sp³-hybridized carbons (Fsp3) is 0.0769. The van der Waals surface area contributed by atoms with E-state index in [9.17, 15) is 12.8 Å². The van der Waals surface area contributed by atoms with Crippen molar-refractivity contribution in [2.24, 2.45) is 0 Å². The van der Waals surface area contributed by atoms with Gasteiger partial charge < -0.3 is 9.26 Å². The van der Waals surface area contributed by atoms with Crippen LogP contribution in [0.3, 0.4) is 0 Å². The molecule has 1 N–H and O–H groups in total. The highest BCUT2D eigenvalue weighted by Gasteiger charge is 2.20. The molecule has 0 aliphatic carbocycles. The summed E-state index contributed by atoms with van der Waals surface area (Å²) >= 11 is 6.66. The number of nitrogens with one attached hydrogen (secondary N) is 1. The summed E-state index contributed by atoms with van der Waals surface area (Å²) in [6.45, 7) is 1.90. The highest BCUT2D eigenvalue weighted by molar-refractivity contribution is 7.92. The van der Waals surface area contributed by atoms with Crippen molar-refractivity contribution in [3.8, 4) is 28.0 Å². The third-order valence-corrected chi connectivity index (χ3v) is 7.38. The Balaban J connectivity index is 1.64. The molecule has 0 fully saturated rings. The fourth-order valence-corrected chi connectivity index (χ4v) is 5.34. The van der Waals surface area contributed by atoms with Crippen LogP contribution in [-0.4, -0.2) is 25.7 Å². The molecule has 3 aromatic carbocycles. The van der Waals surface area contributed by atoms with Gasteiger partial charge in [-0.15, -0.1) is 0 Å². The second-order valence-electron chi connectivity index (χ2n) is 8.03. The summed E-state index contributed by atoms with van der Waals surface area (Å²) in [5, 5.41) is 4.71. The van der Waals surface area contributed by atoms with Crippen LogP contribution < -0.4 is 9.46 Å². The highest BCUT2D eigenvalue weighted by Crippen LogP contribution is 2.42. The smallest absolute Gasteiger partial charge is 0.263 e. The zero-order valence-corrected chi connectivity index (χ0v) is 20.7. The number of pyridine rings is 1. The number of halogens is 2. The van der Waals surface area contributed by atoms with Gasteiger partial charge in [-0.25, -0.2) is 12.8 Å². The van der Waals surface area contributed by atoms with Gasteiger partial charge in [-0.1, -0.05) is 35.0 Å². The second-order valence-corrected chi connectivity index (χ2v) is 10.1. The summed E-state index contributed by atoms with van der Waals surface area (Å²) < 4.78 is 52.2. The zero-order valence-electron chi connectivity index (χ0n) is 19.1. The van der Waals surface area contributed by atoms with Crippen LogP contribution in [0.25, 0.3) is 33.2 Å². The summed E-state index contributed by atoms with van der Waals surface area (Å²) in [6, 6.07) is 15.8. The number of sulfonamides is 1. The Morgan fingerprint density at radius 2 is 1.89 bits per heavy atom. The molecule has 0 amide bonds. The molecule has 36 heavy (non-hydrogen) atoms. The van der Waals surface area contributed by atoms with E-state index in [2.05, 4.69) is 19.4 Å². The Bertz CT molecular complexity index is 1710. The first-order valence-corrected chi connectivity index (χ1v) is 12.6. The molecule has 0 aliphatic heterocycles. The molecule has 0 saturated heterocycles. The van der Waals surface area contributed by atoms with Crippen LogP contribution in [0.15, 0.2) is 82.5 Å². The van der Waals surface area contributed by atoms with Crippen LogP contribution in [0.4, 0.5) is 10.2 Å². The number of fused-ring (bicyclic) bond motifs is 1. The molecule has 0 saturated carbocycles. The minimum Gasteiger partial charge on any atom is -0.496 e. The van der Waals surface area contributed by atoms with Crippen molar-refractivity contribution in [3.05, 3.63) is 89.5 Å². The Labute approximate surface area is 211 Å². The number of rotatable bonds is 6. The molecule has 5 rings (SSSR count). The normalized spacial score (nSPS) is 11.6. The summed E-state index contributed by atoms with van der Waals surface area (Å²) in [5.41, 5.74) is 4.04. The monoisotopic (exact) mass is 523 g/mol. The number of ether oxygens (including phenoxy) is 1. The molecular formula is C26H19ClFN3O4S. The third-order valence-electron chi connectivity index (χ3n) is 5.71. The van der Waals surface area contributed by atoms with Crippen LogP contribution in [0.2, 0.25) is 5.02 Å². The number of anilines is 1. The summed E-state index contributed by atoms with van der Waals surface area (Å²) in [7, 11) is -2.37. The largest absolute Gasteiger partial charge is 0.496 e. The van der Waals surface area contributed by atoms with E-state index in [0.29, 0.717) is 38.4 Å². The van der Waals surface area contributed by atoms with Gasteiger partial charge in [-0.05, 0) is 60.0 Å². The first-order valence-electron chi connectivity index (χ1n) is 10.7. The lowest BCUT2D eigenvalue weighted by atomic mass is 9.94. The third kappa shape index (κ3) is 4.38. The van der Waals surface area contributed by atoms with Gasteiger partial charge in [-0.3, -0.25) is 9.71 Å². The van der Waals surface area contributed by atoms with Gasteiger partial charge in [0.2, 0.25) is 0 Å². The number of benzene rings is 3. The van der Waals surface area contributed by atoms with Gasteiger partial charge in [-0.2, -0.15) is 0 Å². The van der Waals surface area contributed by atoms with E-state index in [1.165, 1.54) is 36.6 Å². The molecule has 182 valence electrons. The molecule has 0 unspecified atom stereocenters. The molecule has 0 spiro atoms. The maximum atomic E-state index is 13.8. The molecule has 0 aliphatic rings. The number of aromatic nitrogens is 2. The molecule has 5 aromatic rings. The van der Waals surface area contributed by atoms with Gasteiger partial charge in [0.15, 0.2) is 5.82 Å². The highest BCUT2D eigenvalue weighted by atomic mass is 35.5. The Morgan fingerprint density at radius 3 is 2.61 bits per heavy atom. The summed E-state index contributed by atoms with van der Waals surface area (Å²) in [6.07, 6.45) is 2.93. The van der Waals surface area contributed by atoms with Crippen LogP contribution in [0.1, 0.15) is 5.56 Å². The molecule has 0 atom stereocenters. The van der Waals surface area contributed by atoms with Crippen molar-refractivity contribution in [3.63, 3.8) is 0 Å². The topological polar surface area (TPSA) is 94.3 Å². The van der Waals surface area contributed by atoms with E-state index in [-0.39, 0.29) is 16.5 Å². The van der Waals surface area contributed by atoms with Crippen LogP contribution in [0, 0.1) is 12.7 Å². The molecule has 7 nitrogen and oxygen atoms in total. The van der Waals surface area contributed by atoms with Crippen LogP contribution in [-0.2, 0) is 10.0 Å². The first-order chi connectivity index (χ1) is 17.3. The summed E-state index contributed by atoms with van der Waals surface area (Å²) in [4.78, 5) is 4.47. The molecule has 2 aromatic heterocycles.